The van der Waals surface area contributed by atoms with E-state index in [0.717, 1.165) is 16.7 Å². The summed E-state index contributed by atoms with van der Waals surface area (Å²) in [5, 5.41) is 11.8. The molecule has 0 saturated carbocycles. The van der Waals surface area contributed by atoms with E-state index >= 15 is 0 Å². The number of carboxylic acids is 1. The SMILES string of the molecule is O=C([O-])[C@H](c1ccccc1)N1C(=O)/C(=C\c2c(F)cccc2Cl)SC1=S. The first-order valence-electron chi connectivity index (χ1n) is 7.37. The molecule has 4 nitrogen and oxygen atoms in total. The smallest absolute Gasteiger partial charge is 0.267 e. The van der Waals surface area contributed by atoms with Crippen LogP contribution in [-0.2, 0) is 9.59 Å². The summed E-state index contributed by atoms with van der Waals surface area (Å²) in [4.78, 5) is 25.5. The molecule has 1 aliphatic rings. The number of aliphatic carboxylic acids is 1. The van der Waals surface area contributed by atoms with E-state index in [4.69, 9.17) is 23.8 Å². The lowest BCUT2D eigenvalue weighted by Gasteiger charge is -2.27. The molecule has 0 radical (unpaired) electrons. The highest BCUT2D eigenvalue weighted by Gasteiger charge is 2.38. The summed E-state index contributed by atoms with van der Waals surface area (Å²) in [6.07, 6.45) is 1.27. The van der Waals surface area contributed by atoms with Gasteiger partial charge in [-0.05, 0) is 23.8 Å². The van der Waals surface area contributed by atoms with E-state index in [1.54, 1.807) is 30.3 Å². The van der Waals surface area contributed by atoms with E-state index in [0.29, 0.717) is 5.56 Å². The molecular weight excluding hydrogens is 397 g/mol. The zero-order chi connectivity index (χ0) is 18.8. The first-order valence-corrected chi connectivity index (χ1v) is 8.97. The molecule has 0 unspecified atom stereocenters. The Morgan fingerprint density at radius 3 is 2.54 bits per heavy atom. The van der Waals surface area contributed by atoms with Crippen LogP contribution in [0.25, 0.3) is 6.08 Å². The molecule has 8 heteroatoms. The Morgan fingerprint density at radius 1 is 1.23 bits per heavy atom. The van der Waals surface area contributed by atoms with Gasteiger partial charge in [0, 0.05) is 5.56 Å². The second-order valence-electron chi connectivity index (χ2n) is 5.32. The summed E-state index contributed by atoms with van der Waals surface area (Å²) in [6, 6.07) is 10.9. The number of thioether (sulfide) groups is 1. The highest BCUT2D eigenvalue weighted by atomic mass is 35.5. The Morgan fingerprint density at radius 2 is 1.92 bits per heavy atom. The number of carboxylic acid groups (broad SMARTS) is 1. The maximum Gasteiger partial charge on any atom is 0.267 e. The van der Waals surface area contributed by atoms with Gasteiger partial charge >= 0.3 is 0 Å². The van der Waals surface area contributed by atoms with Crippen molar-refractivity contribution in [3.05, 3.63) is 75.4 Å². The molecule has 1 aliphatic heterocycles. The van der Waals surface area contributed by atoms with E-state index in [2.05, 4.69) is 0 Å². The number of hydrogen-bond donors (Lipinski definition) is 0. The van der Waals surface area contributed by atoms with Gasteiger partial charge in [-0.25, -0.2) is 4.39 Å². The van der Waals surface area contributed by atoms with Gasteiger partial charge in [0.05, 0.1) is 15.9 Å². The van der Waals surface area contributed by atoms with Gasteiger partial charge in [0.2, 0.25) is 0 Å². The summed E-state index contributed by atoms with van der Waals surface area (Å²) in [5.41, 5.74) is 0.397. The fourth-order valence-electron chi connectivity index (χ4n) is 2.51. The quantitative estimate of drug-likeness (QED) is 0.576. The van der Waals surface area contributed by atoms with Crippen LogP contribution >= 0.6 is 35.6 Å². The van der Waals surface area contributed by atoms with E-state index in [-0.39, 0.29) is 19.8 Å². The number of amides is 1. The summed E-state index contributed by atoms with van der Waals surface area (Å²) in [5.74, 6) is -2.70. The van der Waals surface area contributed by atoms with Crippen molar-refractivity contribution in [3.63, 3.8) is 0 Å². The molecule has 0 spiro atoms. The van der Waals surface area contributed by atoms with Crippen LogP contribution in [0.2, 0.25) is 5.02 Å². The van der Waals surface area contributed by atoms with E-state index < -0.39 is 23.7 Å². The number of rotatable bonds is 4. The molecule has 2 aromatic rings. The van der Waals surface area contributed by atoms with Crippen LogP contribution in [0.4, 0.5) is 4.39 Å². The normalized spacial score (nSPS) is 17.0. The second kappa shape index (κ2) is 7.57. The minimum Gasteiger partial charge on any atom is -0.547 e. The molecule has 0 aromatic heterocycles. The van der Waals surface area contributed by atoms with E-state index in [1.165, 1.54) is 24.3 Å². The van der Waals surface area contributed by atoms with Crippen LogP contribution in [0.3, 0.4) is 0 Å². The number of carbonyl (C=O) groups is 2. The van der Waals surface area contributed by atoms with Gasteiger partial charge < -0.3 is 9.90 Å². The van der Waals surface area contributed by atoms with Crippen LogP contribution in [0.1, 0.15) is 17.2 Å². The molecule has 3 rings (SSSR count). The van der Waals surface area contributed by atoms with E-state index in [1.807, 2.05) is 0 Å². The largest absolute Gasteiger partial charge is 0.547 e. The minimum atomic E-state index is -1.46. The van der Waals surface area contributed by atoms with Crippen molar-refractivity contribution >= 4 is 57.9 Å². The molecule has 26 heavy (non-hydrogen) atoms. The average molecular weight is 407 g/mol. The van der Waals surface area contributed by atoms with Gasteiger partial charge in [0.1, 0.15) is 16.2 Å². The third-order valence-corrected chi connectivity index (χ3v) is 5.36. The van der Waals surface area contributed by atoms with Crippen molar-refractivity contribution in [1.82, 2.24) is 4.90 Å². The van der Waals surface area contributed by atoms with Gasteiger partial charge in [-0.2, -0.15) is 0 Å². The molecule has 0 aliphatic carbocycles. The zero-order valence-corrected chi connectivity index (χ0v) is 15.4. The second-order valence-corrected chi connectivity index (χ2v) is 7.40. The maximum absolute atomic E-state index is 14.0. The average Bonchev–Trinajstić information content (AvgIpc) is 2.87. The van der Waals surface area contributed by atoms with Gasteiger partial charge in [0.15, 0.2) is 0 Å². The third-order valence-electron chi connectivity index (χ3n) is 3.70. The third kappa shape index (κ3) is 3.51. The maximum atomic E-state index is 14.0. The fraction of sp³-hybridized carbons (Fsp3) is 0.0556. The molecule has 0 bridgehead atoms. The molecule has 1 amide bonds. The molecule has 132 valence electrons. The van der Waals surface area contributed by atoms with Crippen LogP contribution in [0, 0.1) is 5.82 Å². The summed E-state index contributed by atoms with van der Waals surface area (Å²) in [7, 11) is 0. The van der Waals surface area contributed by atoms with Gasteiger partial charge in [-0.1, -0.05) is 72.0 Å². The van der Waals surface area contributed by atoms with Gasteiger partial charge in [-0.15, -0.1) is 0 Å². The van der Waals surface area contributed by atoms with Crippen molar-refractivity contribution in [3.8, 4) is 0 Å². The fourth-order valence-corrected chi connectivity index (χ4v) is 4.02. The molecule has 0 N–H and O–H groups in total. The highest BCUT2D eigenvalue weighted by Crippen LogP contribution is 2.39. The number of nitrogens with zero attached hydrogens (tertiary/aromatic N) is 1. The van der Waals surface area contributed by atoms with Crippen molar-refractivity contribution in [2.45, 2.75) is 6.04 Å². The first-order chi connectivity index (χ1) is 12.4. The van der Waals surface area contributed by atoms with Gasteiger partial charge in [0.25, 0.3) is 5.91 Å². The first kappa shape index (κ1) is 18.6. The number of carbonyl (C=O) groups excluding carboxylic acids is 2. The summed E-state index contributed by atoms with van der Waals surface area (Å²) < 4.78 is 14.0. The van der Waals surface area contributed by atoms with Crippen LogP contribution in [0.5, 0.6) is 0 Å². The number of benzene rings is 2. The highest BCUT2D eigenvalue weighted by molar-refractivity contribution is 8.26. The summed E-state index contributed by atoms with van der Waals surface area (Å²) >= 11 is 12.0. The van der Waals surface area contributed by atoms with Crippen molar-refractivity contribution in [2.24, 2.45) is 0 Å². The van der Waals surface area contributed by atoms with Crippen LogP contribution < -0.4 is 5.11 Å². The monoisotopic (exact) mass is 406 g/mol. The molecule has 1 fully saturated rings. The number of hydrogen-bond acceptors (Lipinski definition) is 5. The topological polar surface area (TPSA) is 60.4 Å². The lowest BCUT2D eigenvalue weighted by Crippen LogP contribution is -2.43. The Kier molecular flexibility index (Phi) is 5.41. The lowest BCUT2D eigenvalue weighted by atomic mass is 10.1. The molecule has 1 saturated heterocycles. The van der Waals surface area contributed by atoms with Crippen LogP contribution in [-0.4, -0.2) is 21.1 Å². The van der Waals surface area contributed by atoms with Crippen LogP contribution in [0.15, 0.2) is 53.4 Å². The van der Waals surface area contributed by atoms with Crippen molar-refractivity contribution in [2.75, 3.05) is 0 Å². The predicted octanol–water partition coefficient (Wildman–Crippen LogP) is 3.17. The number of halogens is 2. The summed E-state index contributed by atoms with van der Waals surface area (Å²) in [6.45, 7) is 0. The van der Waals surface area contributed by atoms with Gasteiger partial charge in [-0.3, -0.25) is 9.69 Å². The Balaban J connectivity index is 2.01. The number of thiocarbonyl (C=S) groups is 1. The van der Waals surface area contributed by atoms with Crippen molar-refractivity contribution in [1.29, 1.82) is 0 Å². The Labute approximate surface area is 163 Å². The standard InChI is InChI=1S/C18H11ClFNO3S2/c19-12-7-4-8-13(20)11(12)9-14-16(22)21(18(25)26-14)15(17(23)24)10-5-2-1-3-6-10/h1-9,15H,(H,23,24)/p-1/b14-9+/t15-/m0/s1. The Hall–Kier alpha value is -2.22. The molecule has 1 atom stereocenters. The molecular formula is C18H10ClFNO3S2-. The van der Waals surface area contributed by atoms with Crippen molar-refractivity contribution < 1.29 is 19.1 Å². The molecule has 1 heterocycles. The Bertz CT molecular complexity index is 913. The van der Waals surface area contributed by atoms with E-state index in [9.17, 15) is 19.1 Å². The lowest BCUT2D eigenvalue weighted by molar-refractivity contribution is -0.310. The minimum absolute atomic E-state index is 0.0411. The predicted molar refractivity (Wildman–Crippen MR) is 101 cm³/mol. The molecule has 2 aromatic carbocycles. The zero-order valence-electron chi connectivity index (χ0n) is 13.0.